The van der Waals surface area contributed by atoms with Gasteiger partial charge in [-0.25, -0.2) is 9.59 Å². The van der Waals surface area contributed by atoms with E-state index >= 15 is 0 Å². The number of nitro groups is 1. The molecule has 2 aliphatic rings. The molecule has 0 aliphatic carbocycles. The van der Waals surface area contributed by atoms with Crippen LogP contribution in [0.15, 0.2) is 83.2 Å². The lowest BCUT2D eigenvalue weighted by atomic mass is 9.80. The second kappa shape index (κ2) is 11.9. The van der Waals surface area contributed by atoms with E-state index in [1.165, 1.54) is 36.4 Å². The molecule has 4 rings (SSSR count). The summed E-state index contributed by atoms with van der Waals surface area (Å²) in [6.07, 6.45) is 3.60. The fourth-order valence-corrected chi connectivity index (χ4v) is 5.03. The molecule has 0 saturated heterocycles. The number of carbonyl (C=O) groups excluding carboxylic acids is 2. The van der Waals surface area contributed by atoms with Crippen LogP contribution in [0.4, 0.5) is 5.69 Å². The molecule has 198 valence electrons. The van der Waals surface area contributed by atoms with Gasteiger partial charge in [-0.3, -0.25) is 10.1 Å². The van der Waals surface area contributed by atoms with Gasteiger partial charge in [0, 0.05) is 36.1 Å². The molecular weight excluding hydrogens is 486 g/mol. The lowest BCUT2D eigenvalue weighted by Gasteiger charge is -2.30. The van der Waals surface area contributed by atoms with Crippen molar-refractivity contribution in [3.05, 3.63) is 104 Å². The molecule has 0 saturated carbocycles. The molecule has 0 amide bonds. The third-order valence-corrected chi connectivity index (χ3v) is 6.87. The summed E-state index contributed by atoms with van der Waals surface area (Å²) < 4.78 is 10.7. The largest absolute Gasteiger partial charge is 0.466 e. The van der Waals surface area contributed by atoms with Crippen molar-refractivity contribution >= 4 is 23.2 Å². The van der Waals surface area contributed by atoms with Crippen LogP contribution in [0.1, 0.15) is 43.7 Å². The number of dihydropyridines is 1. The molecule has 0 bridgehead atoms. The van der Waals surface area contributed by atoms with Crippen LogP contribution in [0.25, 0.3) is 5.57 Å². The van der Waals surface area contributed by atoms with E-state index in [0.717, 1.165) is 13.0 Å². The standard InChI is InChI=1S/C29H31N3O6/c1-18-25(28(33)37-3)27(22-10-7-11-24(17-22)32(35)36)26(19(2)31-18)29(34)38-15-13-23-16-21(12-14-30-23)20-8-5-4-6-9-20/h4-12,17,23,27,30-31H,13-16H2,1-3H3. The topological polar surface area (TPSA) is 120 Å². The average molecular weight is 518 g/mol. The monoisotopic (exact) mass is 517 g/mol. The van der Waals surface area contributed by atoms with E-state index in [9.17, 15) is 19.7 Å². The van der Waals surface area contributed by atoms with E-state index < -0.39 is 22.8 Å². The average Bonchev–Trinajstić information content (AvgIpc) is 2.93. The molecule has 2 aromatic rings. The van der Waals surface area contributed by atoms with Crippen molar-refractivity contribution in [2.24, 2.45) is 0 Å². The Morgan fingerprint density at radius 2 is 1.74 bits per heavy atom. The highest BCUT2D eigenvalue weighted by Gasteiger charge is 2.38. The second-order valence-corrected chi connectivity index (χ2v) is 9.31. The van der Waals surface area contributed by atoms with Crippen molar-refractivity contribution in [3.8, 4) is 0 Å². The van der Waals surface area contributed by atoms with Crippen molar-refractivity contribution in [3.63, 3.8) is 0 Å². The number of nitrogens with one attached hydrogen (secondary N) is 2. The van der Waals surface area contributed by atoms with E-state index in [2.05, 4.69) is 28.8 Å². The maximum atomic E-state index is 13.4. The number of allylic oxidation sites excluding steroid dienone is 2. The summed E-state index contributed by atoms with van der Waals surface area (Å²) in [4.78, 5) is 37.1. The predicted octanol–water partition coefficient (Wildman–Crippen LogP) is 4.38. The zero-order valence-corrected chi connectivity index (χ0v) is 21.7. The summed E-state index contributed by atoms with van der Waals surface area (Å²) in [5, 5.41) is 18.0. The molecule has 2 heterocycles. The van der Waals surface area contributed by atoms with Gasteiger partial charge in [0.25, 0.3) is 5.69 Å². The molecule has 0 radical (unpaired) electrons. The van der Waals surface area contributed by atoms with Crippen molar-refractivity contribution in [2.45, 2.75) is 38.6 Å². The minimum absolute atomic E-state index is 0.140. The van der Waals surface area contributed by atoms with E-state index in [1.807, 2.05) is 18.2 Å². The Kier molecular flexibility index (Phi) is 8.38. The SMILES string of the molecule is COC(=O)C1=C(C)NC(C)=C(C(=O)OCCC2CC(c3ccccc3)=CCN2)C1c1cccc([N+](=O)[O-])c1. The first-order chi connectivity index (χ1) is 18.3. The first kappa shape index (κ1) is 26.8. The summed E-state index contributed by atoms with van der Waals surface area (Å²) in [5.41, 5.74) is 4.18. The lowest BCUT2D eigenvalue weighted by Crippen LogP contribution is -2.35. The maximum Gasteiger partial charge on any atom is 0.336 e. The first-order valence-electron chi connectivity index (χ1n) is 12.5. The molecule has 0 fully saturated rings. The molecule has 2 aromatic carbocycles. The van der Waals surface area contributed by atoms with Crippen LogP contribution in [0.5, 0.6) is 0 Å². The lowest BCUT2D eigenvalue weighted by molar-refractivity contribution is -0.384. The quantitative estimate of drug-likeness (QED) is 0.301. The Labute approximate surface area is 221 Å². The third-order valence-electron chi connectivity index (χ3n) is 6.87. The van der Waals surface area contributed by atoms with Crippen LogP contribution < -0.4 is 10.6 Å². The minimum atomic E-state index is -0.878. The fraction of sp³-hybridized carbons (Fsp3) is 0.310. The summed E-state index contributed by atoms with van der Waals surface area (Å²) >= 11 is 0. The zero-order chi connectivity index (χ0) is 27.2. The Hall–Kier alpha value is -4.24. The number of nitro benzene ring substituents is 1. The van der Waals surface area contributed by atoms with Gasteiger partial charge in [-0.05, 0) is 43.4 Å². The molecule has 9 nitrogen and oxygen atoms in total. The van der Waals surface area contributed by atoms with E-state index in [4.69, 9.17) is 9.47 Å². The van der Waals surface area contributed by atoms with Gasteiger partial charge in [-0.1, -0.05) is 48.5 Å². The molecule has 0 aromatic heterocycles. The van der Waals surface area contributed by atoms with Gasteiger partial charge in [-0.2, -0.15) is 0 Å². The van der Waals surface area contributed by atoms with Crippen LogP contribution in [0.2, 0.25) is 0 Å². The highest BCUT2D eigenvalue weighted by molar-refractivity contribution is 5.99. The third kappa shape index (κ3) is 5.84. The Bertz CT molecular complexity index is 1330. The number of esters is 2. The van der Waals surface area contributed by atoms with Gasteiger partial charge >= 0.3 is 11.9 Å². The maximum absolute atomic E-state index is 13.4. The summed E-state index contributed by atoms with van der Waals surface area (Å²) in [5.74, 6) is -2.09. The van der Waals surface area contributed by atoms with E-state index in [1.54, 1.807) is 19.9 Å². The first-order valence-corrected chi connectivity index (χ1v) is 12.5. The predicted molar refractivity (Wildman–Crippen MR) is 143 cm³/mol. The van der Waals surface area contributed by atoms with Gasteiger partial charge in [-0.15, -0.1) is 0 Å². The van der Waals surface area contributed by atoms with Gasteiger partial charge in [0.15, 0.2) is 0 Å². The fourth-order valence-electron chi connectivity index (χ4n) is 5.03. The van der Waals surface area contributed by atoms with Crippen LogP contribution >= 0.6 is 0 Å². The van der Waals surface area contributed by atoms with Crippen LogP contribution in [-0.2, 0) is 19.1 Å². The number of hydrogen-bond acceptors (Lipinski definition) is 8. The van der Waals surface area contributed by atoms with Gasteiger partial charge in [0.1, 0.15) is 0 Å². The van der Waals surface area contributed by atoms with Crippen molar-refractivity contribution in [1.82, 2.24) is 10.6 Å². The van der Waals surface area contributed by atoms with Crippen molar-refractivity contribution in [2.75, 3.05) is 20.3 Å². The molecule has 2 aliphatic heterocycles. The van der Waals surface area contributed by atoms with Gasteiger partial charge in [0.2, 0.25) is 0 Å². The smallest absolute Gasteiger partial charge is 0.336 e. The minimum Gasteiger partial charge on any atom is -0.466 e. The number of benzene rings is 2. The second-order valence-electron chi connectivity index (χ2n) is 9.31. The number of rotatable bonds is 8. The zero-order valence-electron chi connectivity index (χ0n) is 21.7. The number of carbonyl (C=O) groups is 2. The number of hydrogen-bond donors (Lipinski definition) is 2. The van der Waals surface area contributed by atoms with Crippen molar-refractivity contribution < 1.29 is 24.0 Å². The van der Waals surface area contributed by atoms with E-state index in [-0.39, 0.29) is 29.5 Å². The number of ether oxygens (including phenoxy) is 2. The molecule has 9 heteroatoms. The van der Waals surface area contributed by atoms with Crippen LogP contribution in [-0.4, -0.2) is 43.2 Å². The van der Waals surface area contributed by atoms with E-state index in [0.29, 0.717) is 23.4 Å². The Morgan fingerprint density at radius 3 is 2.42 bits per heavy atom. The number of nitrogens with zero attached hydrogens (tertiary/aromatic N) is 1. The molecular formula is C29H31N3O6. The Balaban J connectivity index is 1.52. The summed E-state index contributed by atoms with van der Waals surface area (Å²) in [6.45, 7) is 4.33. The molecule has 2 N–H and O–H groups in total. The molecule has 38 heavy (non-hydrogen) atoms. The van der Waals surface area contributed by atoms with Crippen molar-refractivity contribution in [1.29, 1.82) is 0 Å². The molecule has 2 unspecified atom stereocenters. The molecule has 0 spiro atoms. The summed E-state index contributed by atoms with van der Waals surface area (Å²) in [7, 11) is 1.26. The Morgan fingerprint density at radius 1 is 1.03 bits per heavy atom. The number of methoxy groups -OCH3 is 1. The normalized spacial score (nSPS) is 19.4. The highest BCUT2D eigenvalue weighted by atomic mass is 16.6. The van der Waals surface area contributed by atoms with Gasteiger partial charge < -0.3 is 20.1 Å². The molecule has 2 atom stereocenters. The van der Waals surface area contributed by atoms with Crippen LogP contribution in [0, 0.1) is 10.1 Å². The number of non-ortho nitro benzene ring substituents is 1. The summed E-state index contributed by atoms with van der Waals surface area (Å²) in [6, 6.07) is 16.3. The van der Waals surface area contributed by atoms with Crippen LogP contribution in [0.3, 0.4) is 0 Å². The van der Waals surface area contributed by atoms with Gasteiger partial charge in [0.05, 0.1) is 35.7 Å². The highest BCUT2D eigenvalue weighted by Crippen LogP contribution is 2.40.